The molecule has 1 aromatic heterocycles. The summed E-state index contributed by atoms with van der Waals surface area (Å²) in [6.45, 7) is 2.18. The largest absolute Gasteiger partial charge is 0.478 e. The van der Waals surface area contributed by atoms with Crippen LogP contribution in [-0.4, -0.2) is 29.6 Å². The fraction of sp³-hybridized carbons (Fsp3) is 0.588. The number of rotatable bonds is 6. The van der Waals surface area contributed by atoms with E-state index in [1.807, 2.05) is 5.38 Å². The normalized spacial score (nSPS) is 28.0. The molecule has 1 aromatic rings. The lowest BCUT2D eigenvalue weighted by Gasteiger charge is -2.26. The van der Waals surface area contributed by atoms with Crippen molar-refractivity contribution in [1.29, 1.82) is 0 Å². The average molecular weight is 305 g/mol. The third-order valence-corrected chi connectivity index (χ3v) is 5.89. The zero-order valence-electron chi connectivity index (χ0n) is 12.5. The zero-order valence-corrected chi connectivity index (χ0v) is 13.3. The van der Waals surface area contributed by atoms with Gasteiger partial charge in [0.1, 0.15) is 0 Å². The van der Waals surface area contributed by atoms with Crippen LogP contribution in [0.3, 0.4) is 0 Å². The Kier molecular flexibility index (Phi) is 4.45. The molecule has 114 valence electrons. The summed E-state index contributed by atoms with van der Waals surface area (Å²) >= 11 is 1.72. The molecular formula is C17H23NO2S. The van der Waals surface area contributed by atoms with E-state index in [0.29, 0.717) is 0 Å². The Morgan fingerprint density at radius 2 is 2.33 bits per heavy atom. The van der Waals surface area contributed by atoms with Crippen LogP contribution in [-0.2, 0) is 11.3 Å². The van der Waals surface area contributed by atoms with Crippen molar-refractivity contribution in [2.75, 3.05) is 13.6 Å². The first-order chi connectivity index (χ1) is 10.1. The van der Waals surface area contributed by atoms with Crippen LogP contribution in [0.25, 0.3) is 6.08 Å². The number of hydrogen-bond acceptors (Lipinski definition) is 3. The first kappa shape index (κ1) is 14.8. The molecule has 0 aromatic carbocycles. The molecule has 3 nitrogen and oxygen atoms in total. The van der Waals surface area contributed by atoms with Gasteiger partial charge >= 0.3 is 5.97 Å². The number of hydrogen-bond donors (Lipinski definition) is 1. The van der Waals surface area contributed by atoms with Crippen molar-refractivity contribution < 1.29 is 9.90 Å². The second-order valence-corrected chi connectivity index (χ2v) is 7.65. The van der Waals surface area contributed by atoms with E-state index >= 15 is 0 Å². The molecule has 0 radical (unpaired) electrons. The first-order valence-corrected chi connectivity index (χ1v) is 8.65. The standard InChI is InChI=1S/C17H23NO2S/c1-18(9-15-7-12-2-4-14(15)6-12)10-16-8-13(11-21-16)3-5-17(19)20/h3,5,8,11-12,14-15H,2,4,6-7,9-10H2,1H3,(H,19,20). The van der Waals surface area contributed by atoms with Crippen LogP contribution >= 0.6 is 11.3 Å². The molecule has 1 N–H and O–H groups in total. The van der Waals surface area contributed by atoms with Crippen molar-refractivity contribution in [3.8, 4) is 0 Å². The predicted octanol–water partition coefficient (Wildman–Crippen LogP) is 3.71. The molecule has 4 heteroatoms. The molecule has 21 heavy (non-hydrogen) atoms. The van der Waals surface area contributed by atoms with Crippen molar-refractivity contribution in [3.63, 3.8) is 0 Å². The third kappa shape index (κ3) is 3.74. The van der Waals surface area contributed by atoms with E-state index in [4.69, 9.17) is 5.11 Å². The van der Waals surface area contributed by atoms with Gasteiger partial charge in [-0.3, -0.25) is 0 Å². The summed E-state index contributed by atoms with van der Waals surface area (Å²) in [5.41, 5.74) is 0.991. The topological polar surface area (TPSA) is 40.5 Å². The van der Waals surface area contributed by atoms with Crippen molar-refractivity contribution in [1.82, 2.24) is 4.90 Å². The maximum Gasteiger partial charge on any atom is 0.328 e. The van der Waals surface area contributed by atoms with E-state index in [2.05, 4.69) is 18.0 Å². The Morgan fingerprint density at radius 1 is 1.48 bits per heavy atom. The van der Waals surface area contributed by atoms with E-state index in [1.54, 1.807) is 17.4 Å². The highest BCUT2D eigenvalue weighted by molar-refractivity contribution is 7.10. The molecule has 2 aliphatic carbocycles. The van der Waals surface area contributed by atoms with Crippen molar-refractivity contribution in [3.05, 3.63) is 28.0 Å². The average Bonchev–Trinajstić information content (AvgIpc) is 3.12. The number of fused-ring (bicyclic) bond motifs is 2. The van der Waals surface area contributed by atoms with Gasteiger partial charge in [-0.25, -0.2) is 4.79 Å². The van der Waals surface area contributed by atoms with E-state index in [9.17, 15) is 4.79 Å². The second-order valence-electron chi connectivity index (χ2n) is 6.65. The van der Waals surface area contributed by atoms with Crippen LogP contribution in [0.1, 0.15) is 36.1 Å². The van der Waals surface area contributed by atoms with Crippen molar-refractivity contribution >= 4 is 23.4 Å². The molecule has 0 spiro atoms. The van der Waals surface area contributed by atoms with Gasteiger partial charge in [-0.05, 0) is 67.1 Å². The van der Waals surface area contributed by atoms with Crippen LogP contribution in [0.2, 0.25) is 0 Å². The minimum absolute atomic E-state index is 0.892. The number of nitrogens with zero attached hydrogens (tertiary/aromatic N) is 1. The minimum Gasteiger partial charge on any atom is -0.478 e. The number of carboxylic acids is 1. The lowest BCUT2D eigenvalue weighted by Crippen LogP contribution is -2.28. The highest BCUT2D eigenvalue weighted by Gasteiger charge is 2.39. The van der Waals surface area contributed by atoms with Gasteiger partial charge in [0.15, 0.2) is 0 Å². The van der Waals surface area contributed by atoms with Gasteiger partial charge in [0.05, 0.1) is 0 Å². The smallest absolute Gasteiger partial charge is 0.328 e. The van der Waals surface area contributed by atoms with Gasteiger partial charge in [-0.15, -0.1) is 11.3 Å². The van der Waals surface area contributed by atoms with Crippen molar-refractivity contribution in [2.24, 2.45) is 17.8 Å². The summed E-state index contributed by atoms with van der Waals surface area (Å²) in [6, 6.07) is 2.10. The molecule has 2 fully saturated rings. The van der Waals surface area contributed by atoms with E-state index in [1.165, 1.54) is 43.2 Å². The van der Waals surface area contributed by atoms with Crippen LogP contribution in [0.4, 0.5) is 0 Å². The highest BCUT2D eigenvalue weighted by atomic mass is 32.1. The molecule has 0 saturated heterocycles. The Balaban J connectivity index is 1.50. The van der Waals surface area contributed by atoms with E-state index in [-0.39, 0.29) is 0 Å². The Labute approximate surface area is 130 Å². The van der Waals surface area contributed by atoms with Crippen molar-refractivity contribution in [2.45, 2.75) is 32.2 Å². The van der Waals surface area contributed by atoms with E-state index in [0.717, 1.165) is 29.9 Å². The molecule has 3 unspecified atom stereocenters. The maximum absolute atomic E-state index is 10.5. The summed E-state index contributed by atoms with van der Waals surface area (Å²) in [5.74, 6) is 2.01. The van der Waals surface area contributed by atoms with Crippen LogP contribution in [0.5, 0.6) is 0 Å². The predicted molar refractivity (Wildman–Crippen MR) is 86.3 cm³/mol. The van der Waals surface area contributed by atoms with Gasteiger partial charge in [0.2, 0.25) is 0 Å². The molecule has 2 saturated carbocycles. The lowest BCUT2D eigenvalue weighted by atomic mass is 9.88. The van der Waals surface area contributed by atoms with Crippen LogP contribution in [0, 0.1) is 17.8 Å². The van der Waals surface area contributed by atoms with Gasteiger partial charge in [0.25, 0.3) is 0 Å². The molecule has 3 atom stereocenters. The summed E-state index contributed by atoms with van der Waals surface area (Å²) in [4.78, 5) is 14.3. The maximum atomic E-state index is 10.5. The molecule has 1 heterocycles. The fourth-order valence-corrected chi connectivity index (χ4v) is 5.00. The molecule has 0 aliphatic heterocycles. The monoisotopic (exact) mass is 305 g/mol. The van der Waals surface area contributed by atoms with Gasteiger partial charge in [-0.2, -0.15) is 0 Å². The summed E-state index contributed by atoms with van der Waals surface area (Å²) in [5, 5.41) is 10.7. The number of aliphatic carboxylic acids is 1. The number of carbonyl (C=O) groups is 1. The zero-order chi connectivity index (χ0) is 14.8. The Bertz CT molecular complexity index is 537. The van der Waals surface area contributed by atoms with E-state index < -0.39 is 5.97 Å². The molecule has 2 aliphatic rings. The molecule has 0 amide bonds. The second kappa shape index (κ2) is 6.32. The Hall–Kier alpha value is -1.13. The third-order valence-electron chi connectivity index (χ3n) is 4.95. The summed E-state index contributed by atoms with van der Waals surface area (Å²) in [6.07, 6.45) is 8.69. The quantitative estimate of drug-likeness (QED) is 0.814. The first-order valence-electron chi connectivity index (χ1n) is 7.77. The van der Waals surface area contributed by atoms with Gasteiger partial charge in [-0.1, -0.05) is 6.42 Å². The molecular weight excluding hydrogens is 282 g/mol. The molecule has 2 bridgehead atoms. The number of thiophene rings is 1. The SMILES string of the molecule is CN(Cc1cc(C=CC(=O)O)cs1)CC1CC2CCC1C2. The van der Waals surface area contributed by atoms with Crippen LogP contribution in [0.15, 0.2) is 17.5 Å². The minimum atomic E-state index is -0.892. The highest BCUT2D eigenvalue weighted by Crippen LogP contribution is 2.48. The summed E-state index contributed by atoms with van der Waals surface area (Å²) < 4.78 is 0. The lowest BCUT2D eigenvalue weighted by molar-refractivity contribution is -0.131. The van der Waals surface area contributed by atoms with Gasteiger partial charge < -0.3 is 10.0 Å². The summed E-state index contributed by atoms with van der Waals surface area (Å²) in [7, 11) is 2.21. The Morgan fingerprint density at radius 3 is 3.00 bits per heavy atom. The number of carboxylic acid groups (broad SMARTS) is 1. The van der Waals surface area contributed by atoms with Crippen LogP contribution < -0.4 is 0 Å². The molecule has 3 rings (SSSR count). The fourth-order valence-electron chi connectivity index (χ4n) is 4.07. The van der Waals surface area contributed by atoms with Gasteiger partial charge in [0, 0.05) is 24.0 Å².